The molecule has 0 aromatic carbocycles. The number of hydrogen-bond donors (Lipinski definition) is 1. The third-order valence-corrected chi connectivity index (χ3v) is 3.49. The number of nitrogens with two attached hydrogens (primary N) is 1. The second-order valence-corrected chi connectivity index (χ2v) is 5.13. The lowest BCUT2D eigenvalue weighted by Gasteiger charge is -2.29. The molecule has 0 fully saturated rings. The summed E-state index contributed by atoms with van der Waals surface area (Å²) in [5.41, 5.74) is 4.51. The Hall–Kier alpha value is -0.460. The predicted octanol–water partition coefficient (Wildman–Crippen LogP) is 2.07. The van der Waals surface area contributed by atoms with Crippen molar-refractivity contribution in [3.8, 4) is 0 Å². The van der Waals surface area contributed by atoms with E-state index in [-0.39, 0.29) is 12.5 Å². The Labute approximate surface area is 109 Å². The first-order valence-electron chi connectivity index (χ1n) is 5.57. The molecule has 0 amide bonds. The highest BCUT2D eigenvalue weighted by Crippen LogP contribution is 2.37. The monoisotopic (exact) mass is 307 g/mol. The molecule has 1 atom stereocenters. The molecule has 98 valence electrons. The first kappa shape index (κ1) is 14.6. The molecule has 0 saturated carbocycles. The van der Waals surface area contributed by atoms with Crippen LogP contribution in [0.2, 0.25) is 0 Å². The Morgan fingerprint density at radius 2 is 2.29 bits per heavy atom. The largest absolute Gasteiger partial charge is 0.383 e. The molecule has 1 heterocycles. The van der Waals surface area contributed by atoms with Gasteiger partial charge in [0.25, 0.3) is 0 Å². The minimum absolute atomic E-state index is 0.0675. The van der Waals surface area contributed by atoms with Crippen LogP contribution < -0.4 is 5.73 Å². The number of methoxy groups -OCH3 is 1. The van der Waals surface area contributed by atoms with Crippen LogP contribution in [-0.4, -0.2) is 30.0 Å². The number of ether oxygens (including phenoxy) is 1. The van der Waals surface area contributed by atoms with Gasteiger partial charge in [0.1, 0.15) is 0 Å². The van der Waals surface area contributed by atoms with Gasteiger partial charge in [0.05, 0.1) is 29.5 Å². The number of alkyl halides is 1. The minimum atomic E-state index is -1.58. The number of hydrogen-bond acceptors (Lipinski definition) is 3. The van der Waals surface area contributed by atoms with Crippen molar-refractivity contribution in [3.05, 3.63) is 16.4 Å². The normalized spacial score (nSPS) is 15.2. The van der Waals surface area contributed by atoms with E-state index in [9.17, 15) is 4.39 Å². The third-order valence-electron chi connectivity index (χ3n) is 2.91. The SMILES string of the molecule is COCCn1ncc(Br)c1C(F)(CN)C(C)C. The number of rotatable bonds is 6. The lowest BCUT2D eigenvalue weighted by molar-refractivity contribution is 0.0922. The van der Waals surface area contributed by atoms with Crippen LogP contribution >= 0.6 is 15.9 Å². The molecule has 0 aliphatic carbocycles. The van der Waals surface area contributed by atoms with Gasteiger partial charge in [-0.15, -0.1) is 0 Å². The molecule has 0 radical (unpaired) electrons. The Morgan fingerprint density at radius 1 is 1.65 bits per heavy atom. The molecule has 17 heavy (non-hydrogen) atoms. The quantitative estimate of drug-likeness (QED) is 0.875. The van der Waals surface area contributed by atoms with Crippen LogP contribution in [0.1, 0.15) is 19.5 Å². The van der Waals surface area contributed by atoms with E-state index in [1.54, 1.807) is 18.0 Å². The Bertz CT molecular complexity index is 370. The molecule has 4 nitrogen and oxygen atoms in total. The molecule has 0 aliphatic rings. The topological polar surface area (TPSA) is 53.1 Å². The lowest BCUT2D eigenvalue weighted by Crippen LogP contribution is -2.38. The number of aromatic nitrogens is 2. The maximum atomic E-state index is 14.9. The number of nitrogens with zero attached hydrogens (tertiary/aromatic N) is 2. The number of halogens is 2. The maximum Gasteiger partial charge on any atom is 0.167 e. The van der Waals surface area contributed by atoms with Crippen LogP contribution in [0.5, 0.6) is 0 Å². The van der Waals surface area contributed by atoms with Gasteiger partial charge < -0.3 is 10.5 Å². The van der Waals surface area contributed by atoms with Gasteiger partial charge in [0.15, 0.2) is 5.67 Å². The zero-order chi connectivity index (χ0) is 13.1. The van der Waals surface area contributed by atoms with Crippen molar-refractivity contribution < 1.29 is 9.13 Å². The van der Waals surface area contributed by atoms with Gasteiger partial charge in [-0.3, -0.25) is 4.68 Å². The third kappa shape index (κ3) is 2.86. The second-order valence-electron chi connectivity index (χ2n) is 4.28. The molecule has 2 N–H and O–H groups in total. The predicted molar refractivity (Wildman–Crippen MR) is 68.5 cm³/mol. The highest BCUT2D eigenvalue weighted by Gasteiger charge is 2.39. The molecule has 0 saturated heterocycles. The Kier molecular flexibility index (Phi) is 5.09. The molecule has 0 aliphatic heterocycles. The molecule has 1 unspecified atom stereocenters. The van der Waals surface area contributed by atoms with Gasteiger partial charge in [-0.1, -0.05) is 13.8 Å². The molecular formula is C11H19BrFN3O. The Balaban J connectivity index is 3.13. The van der Waals surface area contributed by atoms with E-state index in [2.05, 4.69) is 21.0 Å². The molecule has 6 heteroatoms. The van der Waals surface area contributed by atoms with Crippen molar-refractivity contribution in [2.24, 2.45) is 11.7 Å². The molecule has 0 spiro atoms. The van der Waals surface area contributed by atoms with Crippen molar-refractivity contribution in [2.45, 2.75) is 26.1 Å². The van der Waals surface area contributed by atoms with Crippen LogP contribution in [0.15, 0.2) is 10.7 Å². The van der Waals surface area contributed by atoms with Crippen LogP contribution in [0.4, 0.5) is 4.39 Å². The van der Waals surface area contributed by atoms with Crippen molar-refractivity contribution >= 4 is 15.9 Å². The van der Waals surface area contributed by atoms with Gasteiger partial charge in [-0.2, -0.15) is 5.10 Å². The summed E-state index contributed by atoms with van der Waals surface area (Å²) < 4.78 is 22.1. The zero-order valence-electron chi connectivity index (χ0n) is 10.4. The summed E-state index contributed by atoms with van der Waals surface area (Å²) in [6, 6.07) is 0. The van der Waals surface area contributed by atoms with E-state index in [4.69, 9.17) is 10.5 Å². The van der Waals surface area contributed by atoms with Crippen molar-refractivity contribution in [2.75, 3.05) is 20.3 Å². The first-order chi connectivity index (χ1) is 7.97. The highest BCUT2D eigenvalue weighted by atomic mass is 79.9. The molecular weight excluding hydrogens is 289 g/mol. The van der Waals surface area contributed by atoms with E-state index in [0.29, 0.717) is 23.3 Å². The molecule has 1 aromatic rings. The van der Waals surface area contributed by atoms with E-state index < -0.39 is 5.67 Å². The zero-order valence-corrected chi connectivity index (χ0v) is 12.0. The summed E-state index contributed by atoms with van der Waals surface area (Å²) >= 11 is 3.33. The molecule has 1 rings (SSSR count). The summed E-state index contributed by atoms with van der Waals surface area (Å²) in [6.07, 6.45) is 1.59. The summed E-state index contributed by atoms with van der Waals surface area (Å²) in [4.78, 5) is 0. The summed E-state index contributed by atoms with van der Waals surface area (Å²) in [5, 5.41) is 4.14. The van der Waals surface area contributed by atoms with E-state index in [1.807, 2.05) is 13.8 Å². The van der Waals surface area contributed by atoms with Crippen LogP contribution in [0.25, 0.3) is 0 Å². The van der Waals surface area contributed by atoms with Gasteiger partial charge in [0, 0.05) is 13.7 Å². The van der Waals surface area contributed by atoms with E-state index in [0.717, 1.165) is 0 Å². The van der Waals surface area contributed by atoms with Crippen molar-refractivity contribution in [1.29, 1.82) is 0 Å². The van der Waals surface area contributed by atoms with Gasteiger partial charge in [0.2, 0.25) is 0 Å². The molecule has 1 aromatic heterocycles. The first-order valence-corrected chi connectivity index (χ1v) is 6.36. The average molecular weight is 308 g/mol. The fourth-order valence-electron chi connectivity index (χ4n) is 1.73. The Morgan fingerprint density at radius 3 is 2.76 bits per heavy atom. The smallest absolute Gasteiger partial charge is 0.167 e. The van der Waals surface area contributed by atoms with Gasteiger partial charge in [-0.25, -0.2) is 4.39 Å². The lowest BCUT2D eigenvalue weighted by atomic mass is 9.89. The van der Waals surface area contributed by atoms with E-state index >= 15 is 0 Å². The van der Waals surface area contributed by atoms with Crippen molar-refractivity contribution in [3.63, 3.8) is 0 Å². The standard InChI is InChI=1S/C11H19BrFN3O/c1-8(2)11(13,7-14)10-9(12)6-15-16(10)4-5-17-3/h6,8H,4-5,7,14H2,1-3H3. The fourth-order valence-corrected chi connectivity index (χ4v) is 2.35. The van der Waals surface area contributed by atoms with E-state index in [1.165, 1.54) is 0 Å². The van der Waals surface area contributed by atoms with Crippen LogP contribution in [-0.2, 0) is 17.0 Å². The van der Waals surface area contributed by atoms with Crippen LogP contribution in [0.3, 0.4) is 0 Å². The van der Waals surface area contributed by atoms with Gasteiger partial charge in [-0.05, 0) is 21.8 Å². The molecule has 0 bridgehead atoms. The van der Waals surface area contributed by atoms with Crippen LogP contribution in [0, 0.1) is 5.92 Å². The van der Waals surface area contributed by atoms with Crippen molar-refractivity contribution in [1.82, 2.24) is 9.78 Å². The summed E-state index contributed by atoms with van der Waals surface area (Å²) in [6.45, 7) is 4.55. The average Bonchev–Trinajstić information content (AvgIpc) is 2.67. The second kappa shape index (κ2) is 5.93. The minimum Gasteiger partial charge on any atom is -0.383 e. The highest BCUT2D eigenvalue weighted by molar-refractivity contribution is 9.10. The maximum absolute atomic E-state index is 14.9. The summed E-state index contributed by atoms with van der Waals surface area (Å²) in [5.74, 6) is -0.221. The fraction of sp³-hybridized carbons (Fsp3) is 0.727. The van der Waals surface area contributed by atoms with Gasteiger partial charge >= 0.3 is 0 Å². The summed E-state index contributed by atoms with van der Waals surface area (Å²) in [7, 11) is 1.60.